The first kappa shape index (κ1) is 21.9. The number of hydrogen-bond donors (Lipinski definition) is 3. The Bertz CT molecular complexity index is 1230. The van der Waals surface area contributed by atoms with E-state index in [1.54, 1.807) is 0 Å². The molecule has 0 bridgehead atoms. The Morgan fingerprint density at radius 3 is 2.35 bits per heavy atom. The summed E-state index contributed by atoms with van der Waals surface area (Å²) in [7, 11) is 0. The number of fused-ring (bicyclic) bond motifs is 1. The number of halogens is 1. The number of rotatable bonds is 5. The number of nitrogens with zero attached hydrogens (tertiary/aromatic N) is 2. The maximum atomic E-state index is 13.8. The van der Waals surface area contributed by atoms with E-state index < -0.39 is 41.2 Å². The van der Waals surface area contributed by atoms with Gasteiger partial charge in [0, 0.05) is 0 Å². The maximum absolute atomic E-state index is 13.8. The zero-order chi connectivity index (χ0) is 22.9. The summed E-state index contributed by atoms with van der Waals surface area (Å²) in [6.45, 7) is 5.43. The highest BCUT2D eigenvalue weighted by molar-refractivity contribution is 6.02. The van der Waals surface area contributed by atoms with Crippen LogP contribution in [-0.2, 0) is 16.8 Å². The molecule has 0 atom stereocenters. The molecule has 3 N–H and O–H groups in total. The molecule has 8 nitrogen and oxygen atoms in total. The number of nitrogens with one attached hydrogen (secondary N) is 1. The Morgan fingerprint density at radius 2 is 1.77 bits per heavy atom. The van der Waals surface area contributed by atoms with Crippen molar-refractivity contribution < 1.29 is 24.2 Å². The summed E-state index contributed by atoms with van der Waals surface area (Å²) in [6.07, 6.45) is 0. The fourth-order valence-electron chi connectivity index (χ4n) is 3.17. The first-order valence-corrected chi connectivity index (χ1v) is 9.50. The van der Waals surface area contributed by atoms with E-state index in [1.165, 1.54) is 6.07 Å². The Morgan fingerprint density at radius 1 is 1.13 bits per heavy atom. The lowest BCUT2D eigenvalue weighted by Crippen LogP contribution is -2.36. The number of amides is 1. The molecule has 0 saturated heterocycles. The van der Waals surface area contributed by atoms with Gasteiger partial charge in [-0.15, -0.1) is 0 Å². The van der Waals surface area contributed by atoms with Crippen molar-refractivity contribution in [1.29, 1.82) is 0 Å². The van der Waals surface area contributed by atoms with E-state index >= 15 is 0 Å². The Hall–Kier alpha value is -3.75. The van der Waals surface area contributed by atoms with Gasteiger partial charge in [-0.1, -0.05) is 45.0 Å². The quantitative estimate of drug-likeness (QED) is 0.538. The van der Waals surface area contributed by atoms with Crippen LogP contribution >= 0.6 is 0 Å². The summed E-state index contributed by atoms with van der Waals surface area (Å²) in [5.74, 6) is -3.90. The predicted molar refractivity (Wildman–Crippen MR) is 112 cm³/mol. The molecule has 0 aliphatic carbocycles. The minimum Gasteiger partial charge on any atom is -0.506 e. The van der Waals surface area contributed by atoms with Gasteiger partial charge in [0.1, 0.15) is 23.5 Å². The molecule has 2 aromatic heterocycles. The van der Waals surface area contributed by atoms with Gasteiger partial charge in [-0.25, -0.2) is 4.98 Å². The molecular weight excluding hydrogens is 405 g/mol. The molecule has 0 aliphatic heterocycles. The molecule has 1 amide bonds. The van der Waals surface area contributed by atoms with Crippen LogP contribution in [0.2, 0.25) is 0 Å². The number of aromatic nitrogens is 2. The molecule has 3 aromatic rings. The first-order chi connectivity index (χ1) is 14.5. The van der Waals surface area contributed by atoms with Gasteiger partial charge in [-0.05, 0) is 28.7 Å². The van der Waals surface area contributed by atoms with Crippen LogP contribution in [0.1, 0.15) is 42.3 Å². The molecule has 3 rings (SSSR count). The lowest BCUT2D eigenvalue weighted by Gasteiger charge is -2.19. The van der Waals surface area contributed by atoms with Crippen molar-refractivity contribution in [2.75, 3.05) is 6.54 Å². The minimum atomic E-state index is -1.31. The van der Waals surface area contributed by atoms with Crippen molar-refractivity contribution in [3.05, 3.63) is 69.4 Å². The van der Waals surface area contributed by atoms with Crippen molar-refractivity contribution >= 4 is 22.9 Å². The number of aromatic hydroxyl groups is 1. The summed E-state index contributed by atoms with van der Waals surface area (Å²) in [5.41, 5.74) is 0.0411. The number of hydrogen-bond acceptors (Lipinski definition) is 5. The SMILES string of the molecule is CC(C)(C)c1ccc(Cn2c(=O)c(C(=O)NCC(=O)O)c(O)c3ccc(F)nc32)cc1. The zero-order valence-electron chi connectivity index (χ0n) is 17.3. The molecule has 1 aromatic carbocycles. The fourth-order valence-corrected chi connectivity index (χ4v) is 3.17. The normalized spacial score (nSPS) is 11.5. The standard InChI is InChI=1S/C22H22FN3O5/c1-22(2,3)13-6-4-12(5-7-13)11-26-19-14(8-9-15(23)25-19)18(29)17(21(26)31)20(30)24-10-16(27)28/h4-9,29H,10-11H2,1-3H3,(H,24,30)(H,27,28). The lowest BCUT2D eigenvalue weighted by atomic mass is 9.87. The van der Waals surface area contributed by atoms with Crippen LogP contribution in [0, 0.1) is 5.95 Å². The van der Waals surface area contributed by atoms with Crippen LogP contribution in [0.25, 0.3) is 11.0 Å². The molecule has 0 unspecified atom stereocenters. The minimum absolute atomic E-state index is 0.00668. The van der Waals surface area contributed by atoms with Crippen LogP contribution in [0.3, 0.4) is 0 Å². The lowest BCUT2D eigenvalue weighted by molar-refractivity contribution is -0.135. The highest BCUT2D eigenvalue weighted by Crippen LogP contribution is 2.27. The summed E-state index contributed by atoms with van der Waals surface area (Å²) in [5, 5.41) is 21.3. The van der Waals surface area contributed by atoms with Crippen LogP contribution in [0.4, 0.5) is 4.39 Å². The maximum Gasteiger partial charge on any atom is 0.322 e. The van der Waals surface area contributed by atoms with Gasteiger partial charge in [-0.3, -0.25) is 19.0 Å². The Balaban J connectivity index is 2.15. The molecule has 2 heterocycles. The number of pyridine rings is 2. The van der Waals surface area contributed by atoms with E-state index in [0.717, 1.165) is 16.2 Å². The highest BCUT2D eigenvalue weighted by Gasteiger charge is 2.24. The van der Waals surface area contributed by atoms with Crippen molar-refractivity contribution in [2.45, 2.75) is 32.7 Å². The van der Waals surface area contributed by atoms with E-state index in [9.17, 15) is 23.9 Å². The highest BCUT2D eigenvalue weighted by atomic mass is 19.1. The van der Waals surface area contributed by atoms with Gasteiger partial charge >= 0.3 is 5.97 Å². The Kier molecular flexibility index (Phi) is 5.79. The number of benzene rings is 1. The zero-order valence-corrected chi connectivity index (χ0v) is 17.3. The predicted octanol–water partition coefficient (Wildman–Crippen LogP) is 2.40. The second-order valence-electron chi connectivity index (χ2n) is 8.14. The molecule has 0 spiro atoms. The van der Waals surface area contributed by atoms with Crippen molar-refractivity contribution in [1.82, 2.24) is 14.9 Å². The van der Waals surface area contributed by atoms with Gasteiger partial charge in [-0.2, -0.15) is 4.39 Å². The number of carboxylic acids is 1. The molecular formula is C22H22FN3O5. The molecule has 31 heavy (non-hydrogen) atoms. The molecule has 0 fully saturated rings. The second kappa shape index (κ2) is 8.17. The van der Waals surface area contributed by atoms with Crippen LogP contribution < -0.4 is 10.9 Å². The molecule has 0 radical (unpaired) electrons. The second-order valence-corrected chi connectivity index (χ2v) is 8.14. The summed E-state index contributed by atoms with van der Waals surface area (Å²) >= 11 is 0. The molecule has 0 saturated carbocycles. The first-order valence-electron chi connectivity index (χ1n) is 9.50. The number of aliphatic carboxylic acids is 1. The van der Waals surface area contributed by atoms with Crippen molar-refractivity contribution in [3.8, 4) is 5.75 Å². The third kappa shape index (κ3) is 4.55. The third-order valence-electron chi connectivity index (χ3n) is 4.84. The average Bonchev–Trinajstić information content (AvgIpc) is 2.69. The molecule has 162 valence electrons. The van der Waals surface area contributed by atoms with Gasteiger partial charge in [0.05, 0.1) is 11.9 Å². The number of carbonyl (C=O) groups excluding carboxylic acids is 1. The summed E-state index contributed by atoms with van der Waals surface area (Å²) < 4.78 is 14.9. The molecule has 9 heteroatoms. The number of carboxylic acid groups (broad SMARTS) is 1. The largest absolute Gasteiger partial charge is 0.506 e. The van der Waals surface area contributed by atoms with E-state index in [2.05, 4.69) is 31.1 Å². The van der Waals surface area contributed by atoms with Crippen molar-refractivity contribution in [2.24, 2.45) is 0 Å². The van der Waals surface area contributed by atoms with Gasteiger partial charge in [0.25, 0.3) is 11.5 Å². The topological polar surface area (TPSA) is 122 Å². The smallest absolute Gasteiger partial charge is 0.322 e. The van der Waals surface area contributed by atoms with E-state index in [4.69, 9.17) is 5.11 Å². The van der Waals surface area contributed by atoms with Crippen molar-refractivity contribution in [3.63, 3.8) is 0 Å². The van der Waals surface area contributed by atoms with E-state index in [1.807, 2.05) is 24.3 Å². The van der Waals surface area contributed by atoms with Crippen LogP contribution in [-0.4, -0.2) is 38.2 Å². The van der Waals surface area contributed by atoms with Gasteiger partial charge in [0.15, 0.2) is 0 Å². The molecule has 0 aliphatic rings. The van der Waals surface area contributed by atoms with E-state index in [0.29, 0.717) is 5.56 Å². The fraction of sp³-hybridized carbons (Fsp3) is 0.273. The van der Waals surface area contributed by atoms with Crippen LogP contribution in [0.5, 0.6) is 5.75 Å². The van der Waals surface area contributed by atoms with Crippen LogP contribution in [0.15, 0.2) is 41.2 Å². The van der Waals surface area contributed by atoms with Gasteiger partial charge in [0.2, 0.25) is 5.95 Å². The van der Waals surface area contributed by atoms with Gasteiger partial charge < -0.3 is 15.5 Å². The number of carbonyl (C=O) groups is 2. The summed E-state index contributed by atoms with van der Waals surface area (Å²) in [6, 6.07) is 9.66. The summed E-state index contributed by atoms with van der Waals surface area (Å²) in [4.78, 5) is 40.0. The Labute approximate surface area is 177 Å². The van der Waals surface area contributed by atoms with E-state index in [-0.39, 0.29) is 23.0 Å². The average molecular weight is 427 g/mol. The monoisotopic (exact) mass is 427 g/mol. The third-order valence-corrected chi connectivity index (χ3v) is 4.84.